The molecule has 1 aromatic carbocycles. The van der Waals surface area contributed by atoms with Crippen LogP contribution in [0.1, 0.15) is 5.56 Å². The normalized spacial score (nSPS) is 11.7. The number of hydrogen-bond donors (Lipinski definition) is 2. The maximum absolute atomic E-state index is 12.2. The summed E-state index contributed by atoms with van der Waals surface area (Å²) in [4.78, 5) is 0.267. The molecule has 0 bridgehead atoms. The van der Waals surface area contributed by atoms with Gasteiger partial charge in [-0.2, -0.15) is 5.10 Å². The summed E-state index contributed by atoms with van der Waals surface area (Å²) in [7, 11) is -0.419. The third kappa shape index (κ3) is 2.94. The van der Waals surface area contributed by atoms with Crippen LogP contribution in [0.25, 0.3) is 0 Å². The molecular formula is C12H16N4O2S. The molecule has 0 aliphatic heterocycles. The number of nitrogens with zero attached hydrogens (tertiary/aromatic N) is 2. The van der Waals surface area contributed by atoms with E-state index >= 15 is 0 Å². The Balaban J connectivity index is 2.27. The van der Waals surface area contributed by atoms with Crippen molar-refractivity contribution >= 4 is 15.7 Å². The molecule has 0 spiro atoms. The number of para-hydroxylation sites is 1. The van der Waals surface area contributed by atoms with E-state index in [1.807, 2.05) is 0 Å². The molecular weight excluding hydrogens is 264 g/mol. The van der Waals surface area contributed by atoms with Crippen LogP contribution in [0.2, 0.25) is 0 Å². The minimum absolute atomic E-state index is 0.267. The van der Waals surface area contributed by atoms with Crippen LogP contribution in [0.4, 0.5) is 5.69 Å². The lowest BCUT2D eigenvalue weighted by molar-refractivity contribution is 0.521. The summed E-state index contributed by atoms with van der Waals surface area (Å²) in [5, 5.41) is 9.67. The molecule has 0 saturated heterocycles. The van der Waals surface area contributed by atoms with Gasteiger partial charge in [0.2, 0.25) is 10.0 Å². The molecule has 2 aromatic rings. The Morgan fingerprint density at radius 2 is 2.05 bits per heavy atom. The number of nitrogens with one attached hydrogen (secondary N) is 2. The maximum Gasteiger partial charge on any atom is 0.244 e. The summed E-state index contributed by atoms with van der Waals surface area (Å²) in [6.45, 7) is 0.510. The van der Waals surface area contributed by atoms with E-state index in [0.717, 1.165) is 5.56 Å². The molecule has 0 radical (unpaired) electrons. The summed E-state index contributed by atoms with van der Waals surface area (Å²) >= 11 is 0. The number of H-pyrrole nitrogens is 1. The van der Waals surface area contributed by atoms with Gasteiger partial charge in [-0.3, -0.25) is 5.10 Å². The second-order valence-electron chi connectivity index (χ2n) is 4.24. The first-order valence-electron chi connectivity index (χ1n) is 5.75. The fourth-order valence-electron chi connectivity index (χ4n) is 1.61. The van der Waals surface area contributed by atoms with E-state index in [1.165, 1.54) is 18.4 Å². The van der Waals surface area contributed by atoms with Gasteiger partial charge in [0.1, 0.15) is 4.90 Å². The van der Waals surface area contributed by atoms with Gasteiger partial charge in [-0.05, 0) is 12.1 Å². The van der Waals surface area contributed by atoms with Gasteiger partial charge >= 0.3 is 0 Å². The van der Waals surface area contributed by atoms with Crippen molar-refractivity contribution in [3.63, 3.8) is 0 Å². The number of rotatable bonds is 5. The van der Waals surface area contributed by atoms with Gasteiger partial charge in [0.25, 0.3) is 0 Å². The van der Waals surface area contributed by atoms with Crippen LogP contribution in [0.3, 0.4) is 0 Å². The molecule has 6 nitrogen and oxygen atoms in total. The van der Waals surface area contributed by atoms with Crippen LogP contribution in [0.15, 0.2) is 41.6 Å². The van der Waals surface area contributed by atoms with Crippen molar-refractivity contribution in [1.82, 2.24) is 14.5 Å². The van der Waals surface area contributed by atoms with Gasteiger partial charge < -0.3 is 5.32 Å². The van der Waals surface area contributed by atoms with Crippen molar-refractivity contribution in [2.24, 2.45) is 0 Å². The number of hydrogen-bond acceptors (Lipinski definition) is 4. The van der Waals surface area contributed by atoms with Crippen LogP contribution < -0.4 is 5.32 Å². The van der Waals surface area contributed by atoms with E-state index in [9.17, 15) is 8.42 Å². The molecule has 0 fully saturated rings. The van der Waals surface area contributed by atoms with Gasteiger partial charge in [-0.15, -0.1) is 0 Å². The highest BCUT2D eigenvalue weighted by Crippen LogP contribution is 2.23. The smallest absolute Gasteiger partial charge is 0.244 e. The number of sulfonamides is 1. The molecule has 19 heavy (non-hydrogen) atoms. The minimum atomic E-state index is -3.45. The van der Waals surface area contributed by atoms with Crippen molar-refractivity contribution in [3.05, 3.63) is 42.2 Å². The first-order chi connectivity index (χ1) is 9.01. The molecule has 0 amide bonds. The predicted octanol–water partition coefficient (Wildman–Crippen LogP) is 1.27. The van der Waals surface area contributed by atoms with E-state index < -0.39 is 10.0 Å². The summed E-state index contributed by atoms with van der Waals surface area (Å²) in [5.74, 6) is 0. The molecule has 2 rings (SSSR count). The number of anilines is 1. The molecule has 2 N–H and O–H groups in total. The average Bonchev–Trinajstić information content (AvgIpc) is 2.89. The fourth-order valence-corrected chi connectivity index (χ4v) is 2.67. The lowest BCUT2D eigenvalue weighted by atomic mass is 10.3. The van der Waals surface area contributed by atoms with Gasteiger partial charge in [0, 0.05) is 32.4 Å². The molecule has 1 heterocycles. The van der Waals surface area contributed by atoms with Crippen molar-refractivity contribution in [3.8, 4) is 0 Å². The minimum Gasteiger partial charge on any atom is -0.380 e. The predicted molar refractivity (Wildman–Crippen MR) is 73.2 cm³/mol. The second-order valence-corrected chi connectivity index (χ2v) is 6.36. The van der Waals surface area contributed by atoms with Crippen molar-refractivity contribution in [2.75, 3.05) is 19.4 Å². The zero-order valence-corrected chi connectivity index (χ0v) is 11.6. The van der Waals surface area contributed by atoms with Crippen LogP contribution in [-0.2, 0) is 16.6 Å². The average molecular weight is 280 g/mol. The highest BCUT2D eigenvalue weighted by Gasteiger charge is 2.20. The number of benzene rings is 1. The van der Waals surface area contributed by atoms with Gasteiger partial charge in [-0.25, -0.2) is 12.7 Å². The Morgan fingerprint density at radius 3 is 2.68 bits per heavy atom. The number of aromatic nitrogens is 2. The molecule has 0 saturated carbocycles. The summed E-state index contributed by atoms with van der Waals surface area (Å²) in [6, 6.07) is 6.84. The Hall–Kier alpha value is -1.86. The maximum atomic E-state index is 12.2. The third-order valence-electron chi connectivity index (χ3n) is 2.68. The first-order valence-corrected chi connectivity index (χ1v) is 7.19. The number of aromatic amines is 1. The van der Waals surface area contributed by atoms with E-state index in [-0.39, 0.29) is 4.90 Å². The Labute approximate surface area is 112 Å². The van der Waals surface area contributed by atoms with Crippen LogP contribution in [0.5, 0.6) is 0 Å². The van der Waals surface area contributed by atoms with Gasteiger partial charge in [0.15, 0.2) is 0 Å². The van der Waals surface area contributed by atoms with Crippen molar-refractivity contribution in [1.29, 1.82) is 0 Å². The topological polar surface area (TPSA) is 78.1 Å². The largest absolute Gasteiger partial charge is 0.380 e. The van der Waals surface area contributed by atoms with Gasteiger partial charge in [-0.1, -0.05) is 12.1 Å². The van der Waals surface area contributed by atoms with Crippen LogP contribution in [0, 0.1) is 0 Å². The Bertz CT molecular complexity index is 636. The van der Waals surface area contributed by atoms with Crippen molar-refractivity contribution < 1.29 is 8.42 Å². The molecule has 0 aliphatic carbocycles. The molecule has 0 aliphatic rings. The molecule has 0 unspecified atom stereocenters. The van der Waals surface area contributed by atoms with Crippen LogP contribution >= 0.6 is 0 Å². The first kappa shape index (κ1) is 13.6. The van der Waals surface area contributed by atoms with E-state index in [0.29, 0.717) is 12.2 Å². The zero-order valence-electron chi connectivity index (χ0n) is 10.8. The summed E-state index contributed by atoms with van der Waals surface area (Å²) < 4.78 is 25.6. The standard InChI is InChI=1S/C12H16N4O2S/c1-16(2)19(17,18)12-6-4-3-5-11(12)13-7-10-8-14-15-9-10/h3-6,8-9,13H,7H2,1-2H3,(H,14,15). The lowest BCUT2D eigenvalue weighted by Gasteiger charge is -2.15. The monoisotopic (exact) mass is 280 g/mol. The zero-order chi connectivity index (χ0) is 13.9. The van der Waals surface area contributed by atoms with Gasteiger partial charge in [0.05, 0.1) is 11.9 Å². The SMILES string of the molecule is CN(C)S(=O)(=O)c1ccccc1NCc1cn[nH]c1. The van der Waals surface area contributed by atoms with E-state index in [4.69, 9.17) is 0 Å². The molecule has 7 heteroatoms. The van der Waals surface area contributed by atoms with E-state index in [1.54, 1.807) is 36.7 Å². The molecule has 0 atom stereocenters. The third-order valence-corrected chi connectivity index (χ3v) is 4.56. The lowest BCUT2D eigenvalue weighted by Crippen LogP contribution is -2.23. The Morgan fingerprint density at radius 1 is 1.32 bits per heavy atom. The molecule has 1 aromatic heterocycles. The summed E-state index contributed by atoms with van der Waals surface area (Å²) in [5.41, 5.74) is 1.54. The van der Waals surface area contributed by atoms with Crippen molar-refractivity contribution in [2.45, 2.75) is 11.4 Å². The fraction of sp³-hybridized carbons (Fsp3) is 0.250. The summed E-state index contributed by atoms with van der Waals surface area (Å²) in [6.07, 6.45) is 3.45. The Kier molecular flexibility index (Phi) is 3.87. The second kappa shape index (κ2) is 5.41. The highest BCUT2D eigenvalue weighted by atomic mass is 32.2. The molecule has 102 valence electrons. The van der Waals surface area contributed by atoms with Crippen LogP contribution in [-0.4, -0.2) is 37.0 Å². The quantitative estimate of drug-likeness (QED) is 0.864. The highest BCUT2D eigenvalue weighted by molar-refractivity contribution is 7.89. The van der Waals surface area contributed by atoms with E-state index in [2.05, 4.69) is 15.5 Å².